The Bertz CT molecular complexity index is 1080. The van der Waals surface area contributed by atoms with E-state index in [1.165, 1.54) is 6.07 Å². The maximum absolute atomic E-state index is 12.0. The number of aromatic hydroxyl groups is 1. The molecule has 0 radical (unpaired) electrons. The average molecular weight is 551 g/mol. The van der Waals surface area contributed by atoms with Crippen LogP contribution < -0.4 is 10.6 Å². The first kappa shape index (κ1) is 30.7. The Hall–Kier alpha value is -2.81. The number of urea groups is 1. The highest BCUT2D eigenvalue weighted by molar-refractivity contribution is 5.74. The highest BCUT2D eigenvalue weighted by Gasteiger charge is 2.44. The number of nitrogens with one attached hydrogen (secondary N) is 2. The summed E-state index contributed by atoms with van der Waals surface area (Å²) in [6, 6.07) is 10.2. The molecular formula is C27H38N2O10. The molecule has 2 aromatic rings. The number of carbonyl (C=O) groups is 1. The van der Waals surface area contributed by atoms with Gasteiger partial charge in [0, 0.05) is 12.1 Å². The lowest BCUT2D eigenvalue weighted by Gasteiger charge is -2.40. The number of hydrogen-bond acceptors (Lipinski definition) is 10. The minimum atomic E-state index is -1.56. The van der Waals surface area contributed by atoms with Crippen molar-refractivity contribution >= 4 is 6.03 Å². The molecule has 2 aromatic carbocycles. The van der Waals surface area contributed by atoms with Crippen LogP contribution in [0.4, 0.5) is 4.79 Å². The van der Waals surface area contributed by atoms with Crippen molar-refractivity contribution in [1.29, 1.82) is 0 Å². The Morgan fingerprint density at radius 1 is 0.923 bits per heavy atom. The molecule has 12 nitrogen and oxygen atoms in total. The number of rotatable bonds is 11. The smallest absolute Gasteiger partial charge is 0.315 e. The maximum atomic E-state index is 12.0. The van der Waals surface area contributed by atoms with Crippen LogP contribution in [-0.2, 0) is 17.6 Å². The lowest BCUT2D eigenvalue weighted by molar-refractivity contribution is -0.232. The fourth-order valence-electron chi connectivity index (χ4n) is 4.45. The maximum Gasteiger partial charge on any atom is 0.315 e. The van der Waals surface area contributed by atoms with Crippen molar-refractivity contribution in [3.8, 4) is 5.75 Å². The Labute approximate surface area is 226 Å². The minimum absolute atomic E-state index is 0.137. The van der Waals surface area contributed by atoms with Gasteiger partial charge in [-0.15, -0.1) is 0 Å². The van der Waals surface area contributed by atoms with Gasteiger partial charge in [-0.1, -0.05) is 24.3 Å². The van der Waals surface area contributed by atoms with E-state index in [-0.39, 0.29) is 17.9 Å². The molecular weight excluding hydrogens is 512 g/mol. The first-order valence-electron chi connectivity index (χ1n) is 12.7. The summed E-state index contributed by atoms with van der Waals surface area (Å²) in [5.74, 6) is -0.137. The molecule has 216 valence electrons. The van der Waals surface area contributed by atoms with Crippen molar-refractivity contribution in [2.45, 2.75) is 55.8 Å². The van der Waals surface area contributed by atoms with Crippen LogP contribution in [-0.4, -0.2) is 110 Å². The number of phenolic OH excluding ortho intramolecular Hbond substituents is 1. The van der Waals surface area contributed by atoms with Crippen molar-refractivity contribution in [3.63, 3.8) is 0 Å². The van der Waals surface area contributed by atoms with E-state index in [9.17, 15) is 45.6 Å². The number of benzene rings is 2. The molecule has 12 heteroatoms. The van der Waals surface area contributed by atoms with Crippen LogP contribution in [0.5, 0.6) is 5.75 Å². The number of phenols is 1. The fraction of sp³-hybridized carbons (Fsp3) is 0.519. The van der Waals surface area contributed by atoms with Crippen molar-refractivity contribution in [2.75, 3.05) is 33.0 Å². The van der Waals surface area contributed by atoms with Crippen molar-refractivity contribution < 1.29 is 50.4 Å². The van der Waals surface area contributed by atoms with Gasteiger partial charge in [0.05, 0.1) is 26.4 Å². The summed E-state index contributed by atoms with van der Waals surface area (Å²) >= 11 is 0. The molecule has 3 rings (SSSR count). The monoisotopic (exact) mass is 550 g/mol. The Morgan fingerprint density at radius 2 is 1.54 bits per heavy atom. The summed E-state index contributed by atoms with van der Waals surface area (Å²) in [5.41, 5.74) is 2.27. The zero-order valence-electron chi connectivity index (χ0n) is 21.7. The molecule has 0 bridgehead atoms. The summed E-state index contributed by atoms with van der Waals surface area (Å²) in [5, 5.41) is 83.6. The van der Waals surface area contributed by atoms with Gasteiger partial charge in [-0.3, -0.25) is 0 Å². The molecule has 0 aliphatic carbocycles. The van der Waals surface area contributed by atoms with Crippen LogP contribution in [0, 0.1) is 6.92 Å². The first-order valence-corrected chi connectivity index (χ1v) is 12.7. The van der Waals surface area contributed by atoms with Gasteiger partial charge in [-0.2, -0.15) is 0 Å². The van der Waals surface area contributed by atoms with Crippen molar-refractivity contribution in [3.05, 3.63) is 64.2 Å². The summed E-state index contributed by atoms with van der Waals surface area (Å²) in [4.78, 5) is 12.0. The van der Waals surface area contributed by atoms with Gasteiger partial charge < -0.3 is 56.2 Å². The van der Waals surface area contributed by atoms with Gasteiger partial charge in [0.2, 0.25) is 0 Å². The van der Waals surface area contributed by atoms with E-state index >= 15 is 0 Å². The van der Waals surface area contributed by atoms with Gasteiger partial charge in [-0.05, 0) is 54.2 Å². The fourth-order valence-corrected chi connectivity index (χ4v) is 4.45. The van der Waals surface area contributed by atoms with Crippen molar-refractivity contribution in [2.24, 2.45) is 0 Å². The van der Waals surface area contributed by atoms with E-state index < -0.39 is 68.5 Å². The number of aryl methyl sites for hydroxylation is 1. The third-order valence-electron chi connectivity index (χ3n) is 7.09. The van der Waals surface area contributed by atoms with Crippen LogP contribution in [0.3, 0.4) is 0 Å². The summed E-state index contributed by atoms with van der Waals surface area (Å²) in [6.45, 7) is -0.292. The summed E-state index contributed by atoms with van der Waals surface area (Å²) < 4.78 is 5.62. The molecule has 10 N–H and O–H groups in total. The molecule has 1 heterocycles. The largest absolute Gasteiger partial charge is 0.508 e. The second-order valence-electron chi connectivity index (χ2n) is 9.97. The molecule has 1 saturated heterocycles. The lowest BCUT2D eigenvalue weighted by atomic mass is 9.88. The molecule has 1 aliphatic heterocycles. The highest BCUT2D eigenvalue weighted by atomic mass is 16.5. The van der Waals surface area contributed by atoms with Crippen LogP contribution >= 0.6 is 0 Å². The number of amides is 2. The normalized spacial score (nSPS) is 23.4. The van der Waals surface area contributed by atoms with E-state index in [2.05, 4.69) is 10.6 Å². The Morgan fingerprint density at radius 3 is 2.13 bits per heavy atom. The third-order valence-corrected chi connectivity index (χ3v) is 7.09. The van der Waals surface area contributed by atoms with Crippen LogP contribution in [0.15, 0.2) is 36.4 Å². The molecule has 0 spiro atoms. The molecule has 0 aromatic heterocycles. The molecule has 0 saturated carbocycles. The number of carbonyl (C=O) groups excluding carboxylic acids is 1. The topological polar surface area (TPSA) is 212 Å². The van der Waals surface area contributed by atoms with E-state index in [4.69, 9.17) is 4.74 Å². The quantitative estimate of drug-likeness (QED) is 0.154. The van der Waals surface area contributed by atoms with Gasteiger partial charge in [0.15, 0.2) is 0 Å². The SMILES string of the molecule is Cc1cc(O)c([C@@H]2O[C@H](CO)[C@@H](O)[C@H](O)[C@H]2O)cc1Cc1ccc(CCNC(=O)NC(CO)(CO)CO)cc1. The highest BCUT2D eigenvalue weighted by Crippen LogP contribution is 2.38. The molecule has 1 aliphatic rings. The Balaban J connectivity index is 1.64. The molecule has 5 atom stereocenters. The minimum Gasteiger partial charge on any atom is -0.508 e. The van der Waals surface area contributed by atoms with Gasteiger partial charge >= 0.3 is 6.03 Å². The zero-order valence-corrected chi connectivity index (χ0v) is 21.7. The van der Waals surface area contributed by atoms with E-state index in [0.29, 0.717) is 12.8 Å². The standard InChI is InChI=1S/C27H38N2O10/c1-15-8-20(34)19(25-24(37)23(36)22(35)21(11-30)39-25)10-18(15)9-17-4-2-16(3-5-17)6-7-28-26(38)29-27(12-31,13-32)14-33/h2-5,8,10,21-25,30-37H,6-7,9,11-14H2,1H3,(H2,28,29,38)/t21-,22-,23+,24-,25+/m1/s1. The molecule has 1 fully saturated rings. The molecule has 39 heavy (non-hydrogen) atoms. The number of ether oxygens (including phenoxy) is 1. The molecule has 0 unspecified atom stereocenters. The van der Waals surface area contributed by atoms with E-state index in [0.717, 1.165) is 22.3 Å². The Kier molecular flexibility index (Phi) is 10.6. The van der Waals surface area contributed by atoms with Crippen LogP contribution in [0.2, 0.25) is 0 Å². The number of aliphatic hydroxyl groups is 7. The molecule has 2 amide bonds. The third kappa shape index (κ3) is 7.24. The first-order chi connectivity index (χ1) is 18.6. The van der Waals surface area contributed by atoms with Gasteiger partial charge in [-0.25, -0.2) is 4.79 Å². The number of hydrogen-bond donors (Lipinski definition) is 10. The summed E-state index contributed by atoms with van der Waals surface area (Å²) in [7, 11) is 0. The van der Waals surface area contributed by atoms with E-state index in [1.54, 1.807) is 6.07 Å². The second-order valence-corrected chi connectivity index (χ2v) is 9.97. The van der Waals surface area contributed by atoms with Crippen LogP contribution in [0.25, 0.3) is 0 Å². The zero-order chi connectivity index (χ0) is 28.7. The lowest BCUT2D eigenvalue weighted by Crippen LogP contribution is -2.59. The second kappa shape index (κ2) is 13.5. The average Bonchev–Trinajstić information content (AvgIpc) is 2.93. The summed E-state index contributed by atoms with van der Waals surface area (Å²) in [6.07, 6.45) is -5.80. The predicted octanol–water partition coefficient (Wildman–Crippen LogP) is -1.64. The van der Waals surface area contributed by atoms with E-state index in [1.807, 2.05) is 31.2 Å². The predicted molar refractivity (Wildman–Crippen MR) is 139 cm³/mol. The number of aliphatic hydroxyl groups excluding tert-OH is 7. The van der Waals surface area contributed by atoms with Crippen LogP contribution in [0.1, 0.15) is 33.9 Å². The van der Waals surface area contributed by atoms with Gasteiger partial charge in [0.1, 0.15) is 41.8 Å². The van der Waals surface area contributed by atoms with Gasteiger partial charge in [0.25, 0.3) is 0 Å². The van der Waals surface area contributed by atoms with Crippen molar-refractivity contribution in [1.82, 2.24) is 10.6 Å².